The topological polar surface area (TPSA) is 77.0 Å². The van der Waals surface area contributed by atoms with Gasteiger partial charge in [-0.25, -0.2) is 8.42 Å². The van der Waals surface area contributed by atoms with Gasteiger partial charge in [-0.05, 0) is 50.9 Å². The van der Waals surface area contributed by atoms with Crippen LogP contribution in [0.2, 0.25) is 0 Å². The molecule has 2 N–H and O–H groups in total. The van der Waals surface area contributed by atoms with Crippen LogP contribution in [-0.2, 0) is 16.6 Å². The molecular formula is C19H33N5O2S2. The summed E-state index contributed by atoms with van der Waals surface area (Å²) < 4.78 is 27.6. The molecule has 0 radical (unpaired) electrons. The molecule has 0 saturated carbocycles. The Morgan fingerprint density at radius 2 is 1.71 bits per heavy atom. The summed E-state index contributed by atoms with van der Waals surface area (Å²) in [5.41, 5.74) is 0. The first-order valence-electron chi connectivity index (χ1n) is 10.4. The van der Waals surface area contributed by atoms with Crippen LogP contribution in [-0.4, -0.2) is 69.9 Å². The van der Waals surface area contributed by atoms with Crippen LogP contribution < -0.4 is 10.6 Å². The second kappa shape index (κ2) is 10.6. The van der Waals surface area contributed by atoms with E-state index >= 15 is 0 Å². The molecular weight excluding hydrogens is 394 g/mol. The second-order valence-corrected chi connectivity index (χ2v) is 10.8. The first-order chi connectivity index (χ1) is 13.6. The lowest BCUT2D eigenvalue weighted by atomic mass is 10.1. The van der Waals surface area contributed by atoms with E-state index in [1.54, 1.807) is 17.4 Å². The minimum atomic E-state index is -3.34. The summed E-state index contributed by atoms with van der Waals surface area (Å²) in [5, 5.41) is 6.64. The Morgan fingerprint density at radius 3 is 2.39 bits per heavy atom. The normalized spacial score (nSPS) is 20.2. The maximum atomic E-state index is 12.8. The zero-order chi connectivity index (χ0) is 19.8. The Labute approximate surface area is 173 Å². The average Bonchev–Trinajstić information content (AvgIpc) is 3.22. The average molecular weight is 428 g/mol. The van der Waals surface area contributed by atoms with E-state index in [1.165, 1.54) is 43.7 Å². The van der Waals surface area contributed by atoms with Crippen LogP contribution in [0.5, 0.6) is 0 Å². The Morgan fingerprint density at radius 1 is 1.04 bits per heavy atom. The van der Waals surface area contributed by atoms with E-state index in [0.29, 0.717) is 23.8 Å². The second-order valence-electron chi connectivity index (χ2n) is 7.44. The molecule has 2 aliphatic rings. The molecule has 28 heavy (non-hydrogen) atoms. The van der Waals surface area contributed by atoms with Crippen molar-refractivity contribution in [3.05, 3.63) is 17.0 Å². The number of nitrogens with zero attached hydrogens (tertiary/aromatic N) is 3. The van der Waals surface area contributed by atoms with E-state index in [1.807, 2.05) is 6.07 Å². The molecule has 0 spiro atoms. The van der Waals surface area contributed by atoms with E-state index in [0.717, 1.165) is 43.2 Å². The number of piperidine rings is 2. The van der Waals surface area contributed by atoms with Crippen molar-refractivity contribution in [3.63, 3.8) is 0 Å². The van der Waals surface area contributed by atoms with Crippen LogP contribution in [0.15, 0.2) is 21.3 Å². The van der Waals surface area contributed by atoms with Gasteiger partial charge >= 0.3 is 0 Å². The lowest BCUT2D eigenvalue weighted by Crippen LogP contribution is -2.42. The van der Waals surface area contributed by atoms with E-state index in [2.05, 4.69) is 20.5 Å². The predicted octanol–water partition coefficient (Wildman–Crippen LogP) is 2.07. The van der Waals surface area contributed by atoms with Gasteiger partial charge in [0.05, 0.1) is 6.54 Å². The van der Waals surface area contributed by atoms with Crippen molar-refractivity contribution in [3.8, 4) is 0 Å². The summed E-state index contributed by atoms with van der Waals surface area (Å²) in [5.74, 6) is 0.755. The maximum absolute atomic E-state index is 12.8. The smallest absolute Gasteiger partial charge is 0.252 e. The van der Waals surface area contributed by atoms with Crippen molar-refractivity contribution in [1.29, 1.82) is 0 Å². The molecule has 0 unspecified atom stereocenters. The third-order valence-corrected chi connectivity index (χ3v) is 8.82. The van der Waals surface area contributed by atoms with Gasteiger partial charge in [0.25, 0.3) is 10.0 Å². The molecule has 158 valence electrons. The van der Waals surface area contributed by atoms with Crippen molar-refractivity contribution in [2.75, 3.05) is 46.3 Å². The minimum absolute atomic E-state index is 0.444. The highest BCUT2D eigenvalue weighted by molar-refractivity contribution is 7.91. The molecule has 3 heterocycles. The van der Waals surface area contributed by atoms with Crippen molar-refractivity contribution in [1.82, 2.24) is 19.8 Å². The molecule has 0 aliphatic carbocycles. The number of nitrogens with one attached hydrogen (secondary N) is 2. The van der Waals surface area contributed by atoms with Crippen LogP contribution in [0.4, 0.5) is 0 Å². The summed E-state index contributed by atoms with van der Waals surface area (Å²) in [6, 6.07) is 3.63. The lowest BCUT2D eigenvalue weighted by Gasteiger charge is -2.26. The molecule has 2 fully saturated rings. The number of hydrogen-bond acceptors (Lipinski definition) is 5. The van der Waals surface area contributed by atoms with Gasteiger partial charge in [-0.1, -0.05) is 12.8 Å². The number of guanidine groups is 1. The van der Waals surface area contributed by atoms with Crippen molar-refractivity contribution in [2.45, 2.75) is 49.3 Å². The van der Waals surface area contributed by atoms with Crippen molar-refractivity contribution < 1.29 is 8.42 Å². The molecule has 0 aromatic carbocycles. The Bertz CT molecular complexity index is 735. The third kappa shape index (κ3) is 5.92. The summed E-state index contributed by atoms with van der Waals surface area (Å²) in [7, 11) is -1.58. The largest absolute Gasteiger partial charge is 0.355 e. The molecule has 2 saturated heterocycles. The maximum Gasteiger partial charge on any atom is 0.252 e. The molecule has 2 aliphatic heterocycles. The number of aliphatic imine (C=N–C) groups is 1. The first kappa shape index (κ1) is 21.5. The SMILES string of the molecule is CN=C(NCCN1CCCCC1)NCc1ccc(S(=O)(=O)N2CCCCC2)s1. The Hall–Kier alpha value is -1.16. The highest BCUT2D eigenvalue weighted by Gasteiger charge is 2.27. The lowest BCUT2D eigenvalue weighted by molar-refractivity contribution is 0.232. The van der Waals surface area contributed by atoms with E-state index in [-0.39, 0.29) is 0 Å². The number of rotatable bonds is 7. The fraction of sp³-hybridized carbons (Fsp3) is 0.737. The molecule has 0 bridgehead atoms. The Kier molecular flexibility index (Phi) is 8.13. The monoisotopic (exact) mass is 427 g/mol. The van der Waals surface area contributed by atoms with E-state index < -0.39 is 10.0 Å². The number of thiophene rings is 1. The summed E-state index contributed by atoms with van der Waals surface area (Å²) in [6.45, 7) is 6.12. The van der Waals surface area contributed by atoms with Gasteiger partial charge in [0.2, 0.25) is 0 Å². The summed E-state index contributed by atoms with van der Waals surface area (Å²) >= 11 is 1.35. The molecule has 0 atom stereocenters. The van der Waals surface area contributed by atoms with Crippen LogP contribution in [0, 0.1) is 0 Å². The van der Waals surface area contributed by atoms with Crippen LogP contribution in [0.25, 0.3) is 0 Å². The van der Waals surface area contributed by atoms with Gasteiger partial charge < -0.3 is 15.5 Å². The summed E-state index contributed by atoms with van der Waals surface area (Å²) in [6.07, 6.45) is 6.98. The highest BCUT2D eigenvalue weighted by Crippen LogP contribution is 2.27. The van der Waals surface area contributed by atoms with E-state index in [9.17, 15) is 8.42 Å². The van der Waals surface area contributed by atoms with Crippen LogP contribution >= 0.6 is 11.3 Å². The number of sulfonamides is 1. The number of hydrogen-bond donors (Lipinski definition) is 2. The molecule has 1 aromatic rings. The molecule has 9 heteroatoms. The van der Waals surface area contributed by atoms with Gasteiger partial charge in [-0.3, -0.25) is 4.99 Å². The molecule has 1 aromatic heterocycles. The highest BCUT2D eigenvalue weighted by atomic mass is 32.2. The Balaban J connectivity index is 1.46. The van der Waals surface area contributed by atoms with Crippen LogP contribution in [0.1, 0.15) is 43.4 Å². The number of likely N-dealkylation sites (tertiary alicyclic amines) is 1. The standard InChI is InChI=1S/C19H33N5O2S2/c1-20-19(21-10-15-23-11-4-2-5-12-23)22-16-17-8-9-18(27-17)28(25,26)24-13-6-3-7-14-24/h8-9H,2-7,10-16H2,1H3,(H2,20,21,22). The van der Waals surface area contributed by atoms with Gasteiger partial charge in [0.1, 0.15) is 4.21 Å². The van der Waals surface area contributed by atoms with Gasteiger partial charge in [0.15, 0.2) is 5.96 Å². The molecule has 0 amide bonds. The fourth-order valence-electron chi connectivity index (χ4n) is 3.73. The van der Waals surface area contributed by atoms with Gasteiger partial charge in [-0.15, -0.1) is 11.3 Å². The van der Waals surface area contributed by atoms with Gasteiger partial charge in [0, 0.05) is 38.1 Å². The minimum Gasteiger partial charge on any atom is -0.355 e. The summed E-state index contributed by atoms with van der Waals surface area (Å²) in [4.78, 5) is 7.75. The predicted molar refractivity (Wildman–Crippen MR) is 115 cm³/mol. The third-order valence-electron chi connectivity index (χ3n) is 5.37. The van der Waals surface area contributed by atoms with Crippen molar-refractivity contribution >= 4 is 27.3 Å². The first-order valence-corrected chi connectivity index (χ1v) is 12.6. The molecule has 3 rings (SSSR count). The fourth-order valence-corrected chi connectivity index (χ4v) is 6.70. The quantitative estimate of drug-likeness (QED) is 0.515. The zero-order valence-electron chi connectivity index (χ0n) is 16.8. The van der Waals surface area contributed by atoms with E-state index in [4.69, 9.17) is 0 Å². The zero-order valence-corrected chi connectivity index (χ0v) is 18.5. The molecule has 7 nitrogen and oxygen atoms in total. The van der Waals surface area contributed by atoms with Crippen molar-refractivity contribution in [2.24, 2.45) is 4.99 Å². The van der Waals surface area contributed by atoms with Gasteiger partial charge in [-0.2, -0.15) is 4.31 Å². The van der Waals surface area contributed by atoms with Crippen LogP contribution in [0.3, 0.4) is 0 Å².